The third-order valence-corrected chi connectivity index (χ3v) is 7.68. The first kappa shape index (κ1) is 15.4. The first-order valence-corrected chi connectivity index (χ1v) is 13.6. The molecule has 0 bridgehead atoms. The lowest BCUT2D eigenvalue weighted by atomic mass is 10.1. The molecule has 0 saturated carbocycles. The Labute approximate surface area is 114 Å². The fraction of sp³-hybridized carbons (Fsp3) is 0.467. The van der Waals surface area contributed by atoms with Crippen molar-refractivity contribution in [3.63, 3.8) is 0 Å². The third-order valence-electron chi connectivity index (χ3n) is 3.33. The van der Waals surface area contributed by atoms with Gasteiger partial charge < -0.3 is 5.73 Å². The predicted octanol–water partition coefficient (Wildman–Crippen LogP) is 2.88. The summed E-state index contributed by atoms with van der Waals surface area (Å²) in [6.45, 7) is 19.0. The Morgan fingerprint density at radius 3 is 1.94 bits per heavy atom. The van der Waals surface area contributed by atoms with Crippen molar-refractivity contribution < 1.29 is 0 Å². The van der Waals surface area contributed by atoms with Crippen LogP contribution in [0.1, 0.15) is 11.1 Å². The zero-order valence-electron chi connectivity index (χ0n) is 12.7. The van der Waals surface area contributed by atoms with Crippen LogP contribution in [0.2, 0.25) is 39.3 Å². The molecule has 3 heteroatoms. The fourth-order valence-electron chi connectivity index (χ4n) is 2.56. The van der Waals surface area contributed by atoms with Crippen LogP contribution in [0.5, 0.6) is 0 Å². The standard InChI is InChI=1S/C15H27NSi2/c1-8-12-9-10-14(17(2,3)4)15(13(12)11-16)18(5,6)7/h8-10H,1,11,16H2,2-7H3. The highest BCUT2D eigenvalue weighted by molar-refractivity contribution is 6.98. The highest BCUT2D eigenvalue weighted by Gasteiger charge is 2.30. The summed E-state index contributed by atoms with van der Waals surface area (Å²) in [7, 11) is -2.72. The van der Waals surface area contributed by atoms with Crippen LogP contribution < -0.4 is 16.1 Å². The zero-order valence-corrected chi connectivity index (χ0v) is 14.7. The van der Waals surface area contributed by atoms with Gasteiger partial charge in [-0.2, -0.15) is 0 Å². The Bertz CT molecular complexity index is 451. The van der Waals surface area contributed by atoms with Crippen LogP contribution in [0.15, 0.2) is 18.7 Å². The van der Waals surface area contributed by atoms with E-state index in [-0.39, 0.29) is 0 Å². The maximum Gasteiger partial charge on any atom is 0.0779 e. The first-order chi connectivity index (χ1) is 8.12. The topological polar surface area (TPSA) is 26.0 Å². The maximum absolute atomic E-state index is 6.03. The molecule has 0 aliphatic carbocycles. The van der Waals surface area contributed by atoms with Gasteiger partial charge in [-0.05, 0) is 11.1 Å². The molecule has 0 saturated heterocycles. The summed E-state index contributed by atoms with van der Waals surface area (Å²) in [6.07, 6.45) is 1.94. The van der Waals surface area contributed by atoms with Gasteiger partial charge in [-0.1, -0.05) is 74.4 Å². The van der Waals surface area contributed by atoms with Crippen LogP contribution in [0.4, 0.5) is 0 Å². The second kappa shape index (κ2) is 5.15. The highest BCUT2D eigenvalue weighted by Crippen LogP contribution is 2.15. The van der Waals surface area contributed by atoms with Crippen LogP contribution in [0, 0.1) is 0 Å². The molecule has 100 valence electrons. The summed E-state index contributed by atoms with van der Waals surface area (Å²) in [4.78, 5) is 0. The van der Waals surface area contributed by atoms with Crippen molar-refractivity contribution in [2.75, 3.05) is 0 Å². The van der Waals surface area contributed by atoms with Crippen molar-refractivity contribution in [1.29, 1.82) is 0 Å². The largest absolute Gasteiger partial charge is 0.326 e. The molecule has 0 aliphatic rings. The summed E-state index contributed by atoms with van der Waals surface area (Å²) >= 11 is 0. The van der Waals surface area contributed by atoms with Gasteiger partial charge in [0.15, 0.2) is 0 Å². The van der Waals surface area contributed by atoms with E-state index in [2.05, 4.69) is 58.0 Å². The van der Waals surface area contributed by atoms with Crippen molar-refractivity contribution >= 4 is 32.6 Å². The molecule has 0 heterocycles. The number of rotatable bonds is 4. The molecule has 0 aliphatic heterocycles. The summed E-state index contributed by atoms with van der Waals surface area (Å²) in [5, 5.41) is 3.18. The summed E-state index contributed by atoms with van der Waals surface area (Å²) in [6, 6.07) is 4.53. The number of hydrogen-bond donors (Lipinski definition) is 1. The summed E-state index contributed by atoms with van der Waals surface area (Å²) < 4.78 is 0. The molecule has 1 rings (SSSR count). The van der Waals surface area contributed by atoms with Crippen LogP contribution in [0.25, 0.3) is 6.08 Å². The van der Waals surface area contributed by atoms with E-state index in [0.29, 0.717) is 6.54 Å². The van der Waals surface area contributed by atoms with E-state index >= 15 is 0 Å². The van der Waals surface area contributed by atoms with Gasteiger partial charge in [-0.15, -0.1) is 0 Å². The molecule has 0 fully saturated rings. The monoisotopic (exact) mass is 277 g/mol. The lowest BCUT2D eigenvalue weighted by Crippen LogP contribution is -2.58. The van der Waals surface area contributed by atoms with Gasteiger partial charge in [0.2, 0.25) is 0 Å². The quantitative estimate of drug-likeness (QED) is 0.842. The molecule has 1 aromatic rings. The normalized spacial score (nSPS) is 12.6. The molecule has 2 N–H and O–H groups in total. The van der Waals surface area contributed by atoms with Crippen molar-refractivity contribution in [2.45, 2.75) is 45.8 Å². The van der Waals surface area contributed by atoms with Crippen molar-refractivity contribution in [1.82, 2.24) is 0 Å². The second-order valence-electron chi connectivity index (χ2n) is 6.96. The Kier molecular flexibility index (Phi) is 4.41. The van der Waals surface area contributed by atoms with Crippen LogP contribution in [0.3, 0.4) is 0 Å². The van der Waals surface area contributed by atoms with Gasteiger partial charge in [0.05, 0.1) is 16.1 Å². The van der Waals surface area contributed by atoms with Crippen molar-refractivity contribution in [3.8, 4) is 0 Å². The lowest BCUT2D eigenvalue weighted by Gasteiger charge is -2.31. The van der Waals surface area contributed by atoms with E-state index in [9.17, 15) is 0 Å². The number of hydrogen-bond acceptors (Lipinski definition) is 1. The average Bonchev–Trinajstić information content (AvgIpc) is 2.24. The van der Waals surface area contributed by atoms with E-state index in [0.717, 1.165) is 0 Å². The summed E-state index contributed by atoms with van der Waals surface area (Å²) in [5.41, 5.74) is 8.58. The molecule has 0 atom stereocenters. The molecule has 0 amide bonds. The van der Waals surface area contributed by atoms with E-state index in [1.54, 1.807) is 10.4 Å². The number of benzene rings is 1. The molecule has 0 unspecified atom stereocenters. The highest BCUT2D eigenvalue weighted by atomic mass is 28.3. The molecule has 0 radical (unpaired) electrons. The smallest absolute Gasteiger partial charge is 0.0779 e. The van der Waals surface area contributed by atoms with E-state index in [1.807, 2.05) is 6.08 Å². The predicted molar refractivity (Wildman–Crippen MR) is 90.4 cm³/mol. The molecular formula is C15H27NSi2. The van der Waals surface area contributed by atoms with Gasteiger partial charge in [0, 0.05) is 6.54 Å². The van der Waals surface area contributed by atoms with Gasteiger partial charge >= 0.3 is 0 Å². The molecule has 1 nitrogen and oxygen atoms in total. The summed E-state index contributed by atoms with van der Waals surface area (Å²) in [5.74, 6) is 0. The van der Waals surface area contributed by atoms with Crippen LogP contribution in [-0.4, -0.2) is 16.1 Å². The molecule has 0 spiro atoms. The van der Waals surface area contributed by atoms with Crippen LogP contribution in [-0.2, 0) is 6.54 Å². The average molecular weight is 278 g/mol. The van der Waals surface area contributed by atoms with E-state index < -0.39 is 16.1 Å². The maximum atomic E-state index is 6.03. The molecule has 18 heavy (non-hydrogen) atoms. The Morgan fingerprint density at radius 1 is 1.06 bits per heavy atom. The number of nitrogens with two attached hydrogens (primary N) is 1. The SMILES string of the molecule is C=Cc1ccc([Si](C)(C)C)c([Si](C)(C)C)c1CN. The second-order valence-corrected chi connectivity index (χ2v) is 17.0. The molecule has 0 aromatic heterocycles. The van der Waals surface area contributed by atoms with Gasteiger partial charge in [-0.25, -0.2) is 0 Å². The Morgan fingerprint density at radius 2 is 1.61 bits per heavy atom. The van der Waals surface area contributed by atoms with Crippen LogP contribution >= 0.6 is 0 Å². The minimum absolute atomic E-state index is 0.624. The Hall–Kier alpha value is -0.646. The Balaban J connectivity index is 3.71. The fourth-order valence-corrected chi connectivity index (χ4v) is 8.33. The first-order valence-electron chi connectivity index (χ1n) is 6.62. The van der Waals surface area contributed by atoms with Crippen molar-refractivity contribution in [3.05, 3.63) is 29.8 Å². The molecular weight excluding hydrogens is 250 g/mol. The third kappa shape index (κ3) is 3.02. The zero-order chi connectivity index (χ0) is 14.1. The van der Waals surface area contributed by atoms with Gasteiger partial charge in [0.25, 0.3) is 0 Å². The van der Waals surface area contributed by atoms with Crippen molar-refractivity contribution in [2.24, 2.45) is 5.73 Å². The minimum atomic E-state index is -1.39. The van der Waals surface area contributed by atoms with Gasteiger partial charge in [0.1, 0.15) is 0 Å². The lowest BCUT2D eigenvalue weighted by molar-refractivity contribution is 1.08. The van der Waals surface area contributed by atoms with E-state index in [4.69, 9.17) is 5.73 Å². The molecule has 1 aromatic carbocycles. The van der Waals surface area contributed by atoms with E-state index in [1.165, 1.54) is 11.1 Å². The van der Waals surface area contributed by atoms with Gasteiger partial charge in [-0.3, -0.25) is 0 Å². The minimum Gasteiger partial charge on any atom is -0.326 e.